The van der Waals surface area contributed by atoms with Crippen molar-refractivity contribution in [1.82, 2.24) is 15.3 Å². The molecule has 3 rings (SSSR count). The quantitative estimate of drug-likeness (QED) is 0.686. The van der Waals surface area contributed by atoms with E-state index in [0.717, 1.165) is 16.5 Å². The Morgan fingerprint density at radius 1 is 1.33 bits per heavy atom. The number of hydrogen-bond acceptors (Lipinski definition) is 3. The predicted octanol–water partition coefficient (Wildman–Crippen LogP) is 2.24. The third kappa shape index (κ3) is 2.86. The zero-order valence-corrected chi connectivity index (χ0v) is 11.3. The molecule has 0 unspecified atom stereocenters. The van der Waals surface area contributed by atoms with E-state index in [1.54, 1.807) is 36.7 Å². The first-order valence-corrected chi connectivity index (χ1v) is 6.71. The van der Waals surface area contributed by atoms with Crippen LogP contribution in [-0.2, 0) is 6.42 Å². The zero-order valence-electron chi connectivity index (χ0n) is 11.3. The standard InChI is InChI=1S/C16H15N3O2/c20-13-3-4-15-14(8-13)11(10-19-15)5-7-18-16(21)12-2-1-6-17-9-12/h1-4,6,8-10,19-20H,5,7H2,(H,18,21). The Balaban J connectivity index is 1.65. The van der Waals surface area contributed by atoms with Crippen molar-refractivity contribution in [1.29, 1.82) is 0 Å². The molecule has 0 saturated heterocycles. The number of nitrogens with zero attached hydrogens (tertiary/aromatic N) is 1. The number of benzene rings is 1. The minimum atomic E-state index is -0.134. The Morgan fingerprint density at radius 3 is 3.05 bits per heavy atom. The number of amides is 1. The highest BCUT2D eigenvalue weighted by atomic mass is 16.3. The highest BCUT2D eigenvalue weighted by Crippen LogP contribution is 2.22. The van der Waals surface area contributed by atoms with Crippen LogP contribution in [-0.4, -0.2) is 27.5 Å². The Hall–Kier alpha value is -2.82. The molecule has 0 saturated carbocycles. The van der Waals surface area contributed by atoms with Gasteiger partial charge in [-0.2, -0.15) is 0 Å². The van der Waals surface area contributed by atoms with E-state index in [1.165, 1.54) is 0 Å². The molecule has 5 heteroatoms. The van der Waals surface area contributed by atoms with Crippen molar-refractivity contribution in [2.45, 2.75) is 6.42 Å². The van der Waals surface area contributed by atoms with Gasteiger partial charge in [-0.05, 0) is 42.3 Å². The van der Waals surface area contributed by atoms with E-state index >= 15 is 0 Å². The number of aromatic amines is 1. The van der Waals surface area contributed by atoms with Crippen LogP contribution in [0.1, 0.15) is 15.9 Å². The molecule has 3 N–H and O–H groups in total. The molecular weight excluding hydrogens is 266 g/mol. The number of aromatic hydroxyl groups is 1. The van der Waals surface area contributed by atoms with E-state index in [1.807, 2.05) is 12.3 Å². The third-order valence-corrected chi connectivity index (χ3v) is 3.35. The maximum Gasteiger partial charge on any atom is 0.252 e. The number of carbonyl (C=O) groups excluding carboxylic acids is 1. The summed E-state index contributed by atoms with van der Waals surface area (Å²) in [5.74, 6) is 0.105. The third-order valence-electron chi connectivity index (χ3n) is 3.35. The summed E-state index contributed by atoms with van der Waals surface area (Å²) in [6.45, 7) is 0.524. The second-order valence-electron chi connectivity index (χ2n) is 4.79. The van der Waals surface area contributed by atoms with Crippen LogP contribution in [0.5, 0.6) is 5.75 Å². The lowest BCUT2D eigenvalue weighted by Gasteiger charge is -2.04. The van der Waals surface area contributed by atoms with Gasteiger partial charge in [0.05, 0.1) is 5.56 Å². The van der Waals surface area contributed by atoms with Crippen LogP contribution in [0.15, 0.2) is 48.9 Å². The molecule has 0 aliphatic heterocycles. The molecule has 106 valence electrons. The number of nitrogens with one attached hydrogen (secondary N) is 2. The minimum Gasteiger partial charge on any atom is -0.508 e. The van der Waals surface area contributed by atoms with Gasteiger partial charge in [0.1, 0.15) is 5.75 Å². The number of H-pyrrole nitrogens is 1. The molecule has 0 aliphatic rings. The molecule has 3 aromatic rings. The summed E-state index contributed by atoms with van der Waals surface area (Å²) in [4.78, 5) is 19.0. The van der Waals surface area contributed by atoms with Crippen LogP contribution >= 0.6 is 0 Å². The van der Waals surface area contributed by atoms with Gasteiger partial charge in [-0.25, -0.2) is 0 Å². The average molecular weight is 281 g/mol. The van der Waals surface area contributed by atoms with Crippen molar-refractivity contribution in [2.24, 2.45) is 0 Å². The van der Waals surface area contributed by atoms with Gasteiger partial charge < -0.3 is 15.4 Å². The Labute approximate surface area is 121 Å². The van der Waals surface area contributed by atoms with E-state index in [2.05, 4.69) is 15.3 Å². The average Bonchev–Trinajstić information content (AvgIpc) is 2.90. The smallest absolute Gasteiger partial charge is 0.252 e. The van der Waals surface area contributed by atoms with Gasteiger partial charge in [0, 0.05) is 36.0 Å². The van der Waals surface area contributed by atoms with Crippen LogP contribution in [0.25, 0.3) is 10.9 Å². The number of hydrogen-bond donors (Lipinski definition) is 3. The largest absolute Gasteiger partial charge is 0.508 e. The first-order valence-electron chi connectivity index (χ1n) is 6.71. The maximum atomic E-state index is 11.9. The van der Waals surface area contributed by atoms with Crippen LogP contribution < -0.4 is 5.32 Å². The summed E-state index contributed by atoms with van der Waals surface area (Å²) in [5.41, 5.74) is 2.59. The molecule has 1 aromatic carbocycles. The van der Waals surface area contributed by atoms with E-state index in [-0.39, 0.29) is 11.7 Å². The zero-order chi connectivity index (χ0) is 14.7. The lowest BCUT2D eigenvalue weighted by Crippen LogP contribution is -2.25. The number of aromatic nitrogens is 2. The maximum absolute atomic E-state index is 11.9. The summed E-state index contributed by atoms with van der Waals surface area (Å²) in [7, 11) is 0. The molecule has 5 nitrogen and oxygen atoms in total. The predicted molar refractivity (Wildman–Crippen MR) is 80.2 cm³/mol. The van der Waals surface area contributed by atoms with Crippen molar-refractivity contribution in [3.63, 3.8) is 0 Å². The van der Waals surface area contributed by atoms with E-state index < -0.39 is 0 Å². The van der Waals surface area contributed by atoms with Gasteiger partial charge >= 0.3 is 0 Å². The second kappa shape index (κ2) is 5.66. The van der Waals surface area contributed by atoms with Crippen LogP contribution in [0, 0.1) is 0 Å². The number of fused-ring (bicyclic) bond motifs is 1. The van der Waals surface area contributed by atoms with Gasteiger partial charge in [0.25, 0.3) is 5.91 Å². The molecule has 1 amide bonds. The van der Waals surface area contributed by atoms with Gasteiger partial charge in [-0.15, -0.1) is 0 Å². The molecule has 0 aliphatic carbocycles. The minimum absolute atomic E-state index is 0.134. The van der Waals surface area contributed by atoms with Crippen LogP contribution in [0.3, 0.4) is 0 Å². The van der Waals surface area contributed by atoms with Gasteiger partial charge in [-0.3, -0.25) is 9.78 Å². The van der Waals surface area contributed by atoms with Gasteiger partial charge in [0.2, 0.25) is 0 Å². The van der Waals surface area contributed by atoms with E-state index in [9.17, 15) is 9.90 Å². The highest BCUT2D eigenvalue weighted by Gasteiger charge is 2.07. The molecule has 0 spiro atoms. The number of phenols is 1. The molecule has 0 fully saturated rings. The summed E-state index contributed by atoms with van der Waals surface area (Å²) < 4.78 is 0. The van der Waals surface area contributed by atoms with Crippen molar-refractivity contribution in [3.05, 3.63) is 60.0 Å². The topological polar surface area (TPSA) is 78.0 Å². The molecule has 0 bridgehead atoms. The summed E-state index contributed by atoms with van der Waals surface area (Å²) in [5, 5.41) is 13.4. The van der Waals surface area contributed by atoms with Crippen LogP contribution in [0.4, 0.5) is 0 Å². The monoisotopic (exact) mass is 281 g/mol. The first-order chi connectivity index (χ1) is 10.2. The van der Waals surface area contributed by atoms with E-state index in [0.29, 0.717) is 18.5 Å². The second-order valence-corrected chi connectivity index (χ2v) is 4.79. The Bertz CT molecular complexity index is 766. The number of phenolic OH excluding ortho intramolecular Hbond substituents is 1. The van der Waals surface area contributed by atoms with E-state index in [4.69, 9.17) is 0 Å². The molecule has 0 atom stereocenters. The molecular formula is C16H15N3O2. The number of carbonyl (C=O) groups is 1. The number of pyridine rings is 1. The fourth-order valence-electron chi connectivity index (χ4n) is 2.28. The van der Waals surface area contributed by atoms with Crippen LogP contribution in [0.2, 0.25) is 0 Å². The van der Waals surface area contributed by atoms with Crippen molar-refractivity contribution in [2.75, 3.05) is 6.54 Å². The molecule has 2 heterocycles. The van der Waals surface area contributed by atoms with Crippen molar-refractivity contribution < 1.29 is 9.90 Å². The lowest BCUT2D eigenvalue weighted by molar-refractivity contribution is 0.0954. The highest BCUT2D eigenvalue weighted by molar-refractivity contribution is 5.93. The Morgan fingerprint density at radius 2 is 2.24 bits per heavy atom. The molecule has 2 aromatic heterocycles. The lowest BCUT2D eigenvalue weighted by atomic mass is 10.1. The normalized spacial score (nSPS) is 10.7. The molecule has 21 heavy (non-hydrogen) atoms. The fraction of sp³-hybridized carbons (Fsp3) is 0.125. The molecule has 0 radical (unpaired) electrons. The van der Waals surface area contributed by atoms with Crippen molar-refractivity contribution in [3.8, 4) is 5.75 Å². The SMILES string of the molecule is O=C(NCCc1c[nH]c2ccc(O)cc12)c1cccnc1. The summed E-state index contributed by atoms with van der Waals surface area (Å²) >= 11 is 0. The fourth-order valence-corrected chi connectivity index (χ4v) is 2.28. The van der Waals surface area contributed by atoms with Crippen molar-refractivity contribution >= 4 is 16.8 Å². The summed E-state index contributed by atoms with van der Waals surface area (Å²) in [6, 6.07) is 8.67. The number of rotatable bonds is 4. The summed E-state index contributed by atoms with van der Waals surface area (Å²) in [6.07, 6.45) is 5.77. The Kier molecular flexibility index (Phi) is 3.55. The van der Waals surface area contributed by atoms with Gasteiger partial charge in [0.15, 0.2) is 0 Å². The van der Waals surface area contributed by atoms with Gasteiger partial charge in [-0.1, -0.05) is 0 Å². The first kappa shape index (κ1) is 13.2.